The third kappa shape index (κ3) is 6.16. The molecule has 30 heavy (non-hydrogen) atoms. The summed E-state index contributed by atoms with van der Waals surface area (Å²) < 4.78 is 6.16. The molecule has 6 nitrogen and oxygen atoms in total. The fraction of sp³-hybridized carbons (Fsp3) is 0.0952. The molecule has 3 aromatic rings. The molecule has 2 amide bonds. The Morgan fingerprint density at radius 2 is 1.77 bits per heavy atom. The van der Waals surface area contributed by atoms with Crippen molar-refractivity contribution in [2.75, 3.05) is 6.61 Å². The van der Waals surface area contributed by atoms with Gasteiger partial charge in [-0.25, -0.2) is 0 Å². The molecule has 0 radical (unpaired) electrons. The zero-order valence-electron chi connectivity index (χ0n) is 15.6. The van der Waals surface area contributed by atoms with Crippen LogP contribution in [0.25, 0.3) is 10.8 Å². The molecule has 0 aliphatic carbocycles. The first-order valence-electron chi connectivity index (χ1n) is 8.85. The standard InChI is InChI=1S/C21H17BrClN3O3S/c22-15-8-9-18(17(23)11-15)29-12-20(28)24-21(30)26-25-19(27)10-14-6-3-5-13-4-1-2-7-16(13)14/h1-9,11H,10,12H2,(H,25,27)(H2,24,26,28,30). The fourth-order valence-electron chi connectivity index (χ4n) is 2.72. The Morgan fingerprint density at radius 1 is 1.00 bits per heavy atom. The molecule has 0 fully saturated rings. The van der Waals surface area contributed by atoms with Gasteiger partial charge >= 0.3 is 0 Å². The highest BCUT2D eigenvalue weighted by Gasteiger charge is 2.10. The summed E-state index contributed by atoms with van der Waals surface area (Å²) in [6.45, 7) is -0.285. The molecule has 0 unspecified atom stereocenters. The van der Waals surface area contributed by atoms with Crippen LogP contribution in [0.1, 0.15) is 5.56 Å². The summed E-state index contributed by atoms with van der Waals surface area (Å²) in [5, 5.41) is 4.82. The number of hydrazine groups is 1. The van der Waals surface area contributed by atoms with E-state index in [1.165, 1.54) is 0 Å². The van der Waals surface area contributed by atoms with E-state index in [-0.39, 0.29) is 24.0 Å². The Labute approximate surface area is 192 Å². The molecule has 0 atom stereocenters. The molecule has 0 aliphatic rings. The van der Waals surface area contributed by atoms with Crippen LogP contribution in [0, 0.1) is 0 Å². The Morgan fingerprint density at radius 3 is 2.57 bits per heavy atom. The topological polar surface area (TPSA) is 79.5 Å². The van der Waals surface area contributed by atoms with E-state index in [1.54, 1.807) is 18.2 Å². The number of hydrogen-bond donors (Lipinski definition) is 3. The maximum atomic E-state index is 12.2. The molecular weight excluding hydrogens is 490 g/mol. The van der Waals surface area contributed by atoms with E-state index >= 15 is 0 Å². The van der Waals surface area contributed by atoms with Crippen LogP contribution in [0.15, 0.2) is 65.1 Å². The highest BCUT2D eigenvalue weighted by Crippen LogP contribution is 2.27. The van der Waals surface area contributed by atoms with E-state index < -0.39 is 5.91 Å². The first-order chi connectivity index (χ1) is 14.4. The molecule has 3 aromatic carbocycles. The van der Waals surface area contributed by atoms with Crippen LogP contribution in [0.2, 0.25) is 5.02 Å². The number of halogens is 2. The number of nitrogens with one attached hydrogen (secondary N) is 3. The molecule has 0 saturated carbocycles. The summed E-state index contributed by atoms with van der Waals surface area (Å²) in [6.07, 6.45) is 0.163. The Hall–Kier alpha value is -2.68. The first-order valence-corrected chi connectivity index (χ1v) is 10.4. The van der Waals surface area contributed by atoms with Crippen molar-refractivity contribution in [2.24, 2.45) is 0 Å². The van der Waals surface area contributed by atoms with Crippen molar-refractivity contribution in [1.82, 2.24) is 16.2 Å². The summed E-state index contributed by atoms with van der Waals surface area (Å²) in [6, 6.07) is 18.7. The van der Waals surface area contributed by atoms with Gasteiger partial charge in [-0.2, -0.15) is 0 Å². The van der Waals surface area contributed by atoms with Gasteiger partial charge < -0.3 is 4.74 Å². The Bertz CT molecular complexity index is 1100. The number of benzene rings is 3. The Balaban J connectivity index is 1.44. The quantitative estimate of drug-likeness (QED) is 0.361. The number of ether oxygens (including phenoxy) is 1. The number of carbonyl (C=O) groups is 2. The molecule has 0 spiro atoms. The van der Waals surface area contributed by atoms with E-state index in [1.807, 2.05) is 42.5 Å². The molecule has 0 heterocycles. The normalized spacial score (nSPS) is 10.3. The lowest BCUT2D eigenvalue weighted by Crippen LogP contribution is -2.49. The van der Waals surface area contributed by atoms with Crippen molar-refractivity contribution in [2.45, 2.75) is 6.42 Å². The van der Waals surface area contributed by atoms with Crippen LogP contribution in [0.5, 0.6) is 5.75 Å². The van der Waals surface area contributed by atoms with Gasteiger partial charge in [0.05, 0.1) is 11.4 Å². The average molecular weight is 507 g/mol. The lowest BCUT2D eigenvalue weighted by Gasteiger charge is -2.12. The minimum atomic E-state index is -0.491. The van der Waals surface area contributed by atoms with Crippen molar-refractivity contribution < 1.29 is 14.3 Å². The number of rotatable bonds is 5. The molecule has 3 N–H and O–H groups in total. The molecular formula is C21H17BrClN3O3S. The van der Waals surface area contributed by atoms with Crippen molar-refractivity contribution in [1.29, 1.82) is 0 Å². The molecule has 0 bridgehead atoms. The summed E-state index contributed by atoms with van der Waals surface area (Å²) in [5.74, 6) is -0.409. The second-order valence-corrected chi connectivity index (χ2v) is 7.96. The lowest BCUT2D eigenvalue weighted by molar-refractivity contribution is -0.122. The third-order valence-electron chi connectivity index (χ3n) is 4.05. The monoisotopic (exact) mass is 505 g/mol. The summed E-state index contributed by atoms with van der Waals surface area (Å²) in [5.41, 5.74) is 5.88. The van der Waals surface area contributed by atoms with Crippen LogP contribution in [0.4, 0.5) is 0 Å². The largest absolute Gasteiger partial charge is 0.482 e. The van der Waals surface area contributed by atoms with E-state index in [4.69, 9.17) is 28.6 Å². The molecule has 3 rings (SSSR count). The van der Waals surface area contributed by atoms with E-state index in [0.717, 1.165) is 20.8 Å². The molecule has 154 valence electrons. The van der Waals surface area contributed by atoms with E-state index in [2.05, 4.69) is 32.1 Å². The van der Waals surface area contributed by atoms with Crippen LogP contribution in [-0.2, 0) is 16.0 Å². The maximum Gasteiger partial charge on any atom is 0.264 e. The first kappa shape index (κ1) is 22.0. The van der Waals surface area contributed by atoms with Gasteiger partial charge in [-0.05, 0) is 46.8 Å². The zero-order valence-corrected chi connectivity index (χ0v) is 18.7. The van der Waals surface area contributed by atoms with Crippen molar-refractivity contribution >= 4 is 67.4 Å². The predicted octanol–water partition coefficient (Wildman–Crippen LogP) is 3.90. The van der Waals surface area contributed by atoms with Crippen LogP contribution in [0.3, 0.4) is 0 Å². The van der Waals surface area contributed by atoms with Gasteiger partial charge in [0, 0.05) is 4.47 Å². The third-order valence-corrected chi connectivity index (χ3v) is 5.04. The molecule has 0 aromatic heterocycles. The number of fused-ring (bicyclic) bond motifs is 1. The summed E-state index contributed by atoms with van der Waals surface area (Å²) in [4.78, 5) is 24.2. The number of carbonyl (C=O) groups excluding carboxylic acids is 2. The van der Waals surface area contributed by atoms with Crippen LogP contribution in [-0.4, -0.2) is 23.5 Å². The zero-order chi connectivity index (χ0) is 21.5. The summed E-state index contributed by atoms with van der Waals surface area (Å²) >= 11 is 14.3. The predicted molar refractivity (Wildman–Crippen MR) is 124 cm³/mol. The van der Waals surface area contributed by atoms with Gasteiger partial charge in [-0.1, -0.05) is 70.0 Å². The smallest absolute Gasteiger partial charge is 0.264 e. The molecule has 0 saturated heterocycles. The maximum absolute atomic E-state index is 12.2. The van der Waals surface area contributed by atoms with Gasteiger partial charge in [0.25, 0.3) is 5.91 Å². The molecule has 9 heteroatoms. The average Bonchev–Trinajstić information content (AvgIpc) is 2.72. The number of hydrogen-bond acceptors (Lipinski definition) is 4. The van der Waals surface area contributed by atoms with Crippen LogP contribution < -0.4 is 20.9 Å². The highest BCUT2D eigenvalue weighted by atomic mass is 79.9. The second kappa shape index (κ2) is 10.4. The number of thiocarbonyl (C=S) groups is 1. The van der Waals surface area contributed by atoms with E-state index in [9.17, 15) is 9.59 Å². The Kier molecular flexibility index (Phi) is 7.62. The van der Waals surface area contributed by atoms with E-state index in [0.29, 0.717) is 10.8 Å². The minimum absolute atomic E-state index is 0.0447. The van der Waals surface area contributed by atoms with Crippen molar-refractivity contribution in [3.05, 3.63) is 75.7 Å². The summed E-state index contributed by atoms with van der Waals surface area (Å²) in [7, 11) is 0. The van der Waals surface area contributed by atoms with Gasteiger partial charge in [0.2, 0.25) is 5.91 Å². The second-order valence-electron chi connectivity index (χ2n) is 6.23. The lowest BCUT2D eigenvalue weighted by atomic mass is 10.0. The van der Waals surface area contributed by atoms with Gasteiger partial charge in [0.15, 0.2) is 11.7 Å². The number of amides is 2. The SMILES string of the molecule is O=C(Cc1cccc2ccccc12)NNC(=S)NC(=O)COc1ccc(Br)cc1Cl. The van der Waals surface area contributed by atoms with Crippen molar-refractivity contribution in [3.8, 4) is 5.75 Å². The fourth-order valence-corrected chi connectivity index (χ4v) is 3.61. The van der Waals surface area contributed by atoms with Crippen LogP contribution >= 0.6 is 39.7 Å². The van der Waals surface area contributed by atoms with Gasteiger partial charge in [-0.15, -0.1) is 0 Å². The minimum Gasteiger partial charge on any atom is -0.482 e. The molecule has 0 aliphatic heterocycles. The van der Waals surface area contributed by atoms with Gasteiger partial charge in [-0.3, -0.25) is 25.8 Å². The van der Waals surface area contributed by atoms with Gasteiger partial charge in [0.1, 0.15) is 5.75 Å². The van der Waals surface area contributed by atoms with Crippen molar-refractivity contribution in [3.63, 3.8) is 0 Å². The highest BCUT2D eigenvalue weighted by molar-refractivity contribution is 9.10.